The van der Waals surface area contributed by atoms with Crippen LogP contribution in [0.3, 0.4) is 0 Å². The molecule has 0 saturated heterocycles. The number of aromatic carboxylic acids is 1. The fraction of sp³-hybridized carbons (Fsp3) is 0.105. The van der Waals surface area contributed by atoms with Crippen LogP contribution in [-0.2, 0) is 0 Å². The highest BCUT2D eigenvalue weighted by Gasteiger charge is 2.10. The van der Waals surface area contributed by atoms with Gasteiger partial charge in [0.2, 0.25) is 0 Å². The van der Waals surface area contributed by atoms with E-state index in [0.717, 1.165) is 11.1 Å². The maximum atomic E-state index is 11.2. The summed E-state index contributed by atoms with van der Waals surface area (Å²) >= 11 is 0. The average molecular weight is 306 g/mol. The lowest BCUT2D eigenvalue weighted by Gasteiger charge is -2.04. The molecule has 0 atom stereocenters. The minimum atomic E-state index is -1.06. The first-order chi connectivity index (χ1) is 11.1. The maximum absolute atomic E-state index is 11.2. The van der Waals surface area contributed by atoms with Crippen LogP contribution >= 0.6 is 0 Å². The lowest BCUT2D eigenvalue weighted by molar-refractivity contribution is 0.0693. The molecule has 0 unspecified atom stereocenters. The van der Waals surface area contributed by atoms with Crippen LogP contribution in [0.5, 0.6) is 5.75 Å². The third-order valence-corrected chi connectivity index (χ3v) is 2.98. The summed E-state index contributed by atoms with van der Waals surface area (Å²) < 4.78 is 5.01. The molecule has 2 N–H and O–H groups in total. The highest BCUT2D eigenvalue weighted by atomic mass is 16.5. The maximum Gasteiger partial charge on any atom is 0.339 e. The van der Waals surface area contributed by atoms with Crippen molar-refractivity contribution in [2.45, 2.75) is 0 Å². The Morgan fingerprint density at radius 1 is 1.00 bits per heavy atom. The Bertz CT molecular complexity index is 828. The number of methoxy groups -OCH3 is 1. The van der Waals surface area contributed by atoms with Gasteiger partial charge in [-0.05, 0) is 42.5 Å². The molecule has 4 heteroatoms. The fourth-order valence-electron chi connectivity index (χ4n) is 1.88. The van der Waals surface area contributed by atoms with Crippen molar-refractivity contribution in [3.63, 3.8) is 0 Å². The second-order valence-corrected chi connectivity index (χ2v) is 4.51. The standard InChI is InChI=1S/C19H14O4/c1-23-18-11-10-16(13-17(18)19(21)22)9-8-15-6-4-14(5-7-15)3-2-12-20/h4-7,10-11,13,20H,12H2,1H3,(H,21,22). The van der Waals surface area contributed by atoms with Crippen LogP contribution in [0.25, 0.3) is 0 Å². The van der Waals surface area contributed by atoms with Crippen LogP contribution in [0, 0.1) is 23.7 Å². The zero-order valence-corrected chi connectivity index (χ0v) is 12.5. The molecule has 2 rings (SSSR count). The summed E-state index contributed by atoms with van der Waals surface area (Å²) in [5.41, 5.74) is 2.25. The van der Waals surface area contributed by atoms with Gasteiger partial charge < -0.3 is 14.9 Å². The summed E-state index contributed by atoms with van der Waals surface area (Å²) in [7, 11) is 1.42. The zero-order chi connectivity index (χ0) is 16.7. The highest BCUT2D eigenvalue weighted by Crippen LogP contribution is 2.19. The third kappa shape index (κ3) is 4.38. The van der Waals surface area contributed by atoms with E-state index in [-0.39, 0.29) is 12.2 Å². The van der Waals surface area contributed by atoms with Gasteiger partial charge in [-0.1, -0.05) is 23.7 Å². The second kappa shape index (κ2) is 7.70. The molecule has 0 bridgehead atoms. The van der Waals surface area contributed by atoms with Gasteiger partial charge in [-0.15, -0.1) is 0 Å². The smallest absolute Gasteiger partial charge is 0.339 e. The number of hydrogen-bond donors (Lipinski definition) is 2. The van der Waals surface area contributed by atoms with Crippen molar-refractivity contribution in [1.29, 1.82) is 0 Å². The molecule has 2 aromatic rings. The predicted molar refractivity (Wildman–Crippen MR) is 86.3 cm³/mol. The molecule has 23 heavy (non-hydrogen) atoms. The number of carboxylic acids is 1. The number of rotatable bonds is 2. The quantitative estimate of drug-likeness (QED) is 0.834. The Labute approximate surface area is 134 Å². The normalized spacial score (nSPS) is 9.13. The van der Waals surface area contributed by atoms with Gasteiger partial charge in [0.05, 0.1) is 7.11 Å². The lowest BCUT2D eigenvalue weighted by Crippen LogP contribution is -2.00. The van der Waals surface area contributed by atoms with Crippen molar-refractivity contribution in [3.05, 3.63) is 64.7 Å². The van der Waals surface area contributed by atoms with Crippen LogP contribution in [0.2, 0.25) is 0 Å². The topological polar surface area (TPSA) is 66.8 Å². The number of benzene rings is 2. The average Bonchev–Trinajstić information content (AvgIpc) is 2.58. The van der Waals surface area contributed by atoms with E-state index in [1.54, 1.807) is 12.1 Å². The van der Waals surface area contributed by atoms with Gasteiger partial charge in [0.1, 0.15) is 17.9 Å². The summed E-state index contributed by atoms with van der Waals surface area (Å²) in [6, 6.07) is 12.0. The monoisotopic (exact) mass is 306 g/mol. The van der Waals surface area contributed by atoms with Gasteiger partial charge in [-0.2, -0.15) is 0 Å². The van der Waals surface area contributed by atoms with Gasteiger partial charge in [0.25, 0.3) is 0 Å². The summed E-state index contributed by atoms with van der Waals surface area (Å²) in [5.74, 6) is 10.5. The molecular formula is C19H14O4. The van der Waals surface area contributed by atoms with Gasteiger partial charge in [0, 0.05) is 16.7 Å². The van der Waals surface area contributed by atoms with E-state index in [9.17, 15) is 4.79 Å². The van der Waals surface area contributed by atoms with Gasteiger partial charge in [-0.3, -0.25) is 0 Å². The summed E-state index contributed by atoms with van der Waals surface area (Å²) in [5, 5.41) is 17.8. The van der Waals surface area contributed by atoms with E-state index in [0.29, 0.717) is 11.3 Å². The van der Waals surface area contributed by atoms with Crippen molar-refractivity contribution in [3.8, 4) is 29.4 Å². The Balaban J connectivity index is 2.25. The van der Waals surface area contributed by atoms with Gasteiger partial charge >= 0.3 is 5.97 Å². The van der Waals surface area contributed by atoms with Crippen LogP contribution in [0.4, 0.5) is 0 Å². The first kappa shape index (κ1) is 16.2. The minimum Gasteiger partial charge on any atom is -0.496 e. The molecule has 0 aliphatic heterocycles. The molecule has 4 nitrogen and oxygen atoms in total. The number of aliphatic hydroxyl groups is 1. The molecule has 114 valence electrons. The number of carbonyl (C=O) groups is 1. The minimum absolute atomic E-state index is 0.0777. The van der Waals surface area contributed by atoms with E-state index in [1.165, 1.54) is 13.2 Å². The molecular weight excluding hydrogens is 292 g/mol. The molecule has 0 aromatic heterocycles. The first-order valence-corrected chi connectivity index (χ1v) is 6.77. The predicted octanol–water partition coefficient (Wildman–Crippen LogP) is 2.14. The zero-order valence-electron chi connectivity index (χ0n) is 12.5. The molecule has 0 aliphatic carbocycles. The SMILES string of the molecule is COc1ccc(C#Cc2ccc(C#CCO)cc2)cc1C(=O)O. The van der Waals surface area contributed by atoms with Crippen molar-refractivity contribution in [1.82, 2.24) is 0 Å². The molecule has 0 spiro atoms. The summed E-state index contributed by atoms with van der Waals surface area (Å²) in [6.07, 6.45) is 0. The van der Waals surface area contributed by atoms with E-state index in [2.05, 4.69) is 23.7 Å². The van der Waals surface area contributed by atoms with Gasteiger partial charge in [0.15, 0.2) is 0 Å². The molecule has 0 saturated carbocycles. The largest absolute Gasteiger partial charge is 0.496 e. The molecule has 0 amide bonds. The van der Waals surface area contributed by atoms with Crippen LogP contribution in [-0.4, -0.2) is 29.9 Å². The molecule has 0 heterocycles. The molecule has 2 aromatic carbocycles. The van der Waals surface area contributed by atoms with Crippen molar-refractivity contribution < 1.29 is 19.7 Å². The third-order valence-electron chi connectivity index (χ3n) is 2.98. The van der Waals surface area contributed by atoms with Gasteiger partial charge in [-0.25, -0.2) is 4.79 Å². The number of ether oxygens (including phenoxy) is 1. The van der Waals surface area contributed by atoms with E-state index in [4.69, 9.17) is 14.9 Å². The Morgan fingerprint density at radius 2 is 1.57 bits per heavy atom. The van der Waals surface area contributed by atoms with Crippen molar-refractivity contribution in [2.24, 2.45) is 0 Å². The van der Waals surface area contributed by atoms with E-state index < -0.39 is 5.97 Å². The molecule has 0 radical (unpaired) electrons. The second-order valence-electron chi connectivity index (χ2n) is 4.51. The first-order valence-electron chi connectivity index (χ1n) is 6.77. The summed E-state index contributed by atoms with van der Waals surface area (Å²) in [6.45, 7) is -0.176. The van der Waals surface area contributed by atoms with Crippen LogP contribution in [0.1, 0.15) is 27.0 Å². The van der Waals surface area contributed by atoms with Crippen LogP contribution in [0.15, 0.2) is 42.5 Å². The number of carboxylic acid groups (broad SMARTS) is 1. The molecule has 0 aliphatic rings. The fourth-order valence-corrected chi connectivity index (χ4v) is 1.88. The Morgan fingerprint density at radius 3 is 2.13 bits per heavy atom. The lowest BCUT2D eigenvalue weighted by atomic mass is 10.1. The number of aliphatic hydroxyl groups excluding tert-OH is 1. The Kier molecular flexibility index (Phi) is 5.41. The van der Waals surface area contributed by atoms with E-state index >= 15 is 0 Å². The molecule has 0 fully saturated rings. The van der Waals surface area contributed by atoms with Crippen molar-refractivity contribution in [2.75, 3.05) is 13.7 Å². The van der Waals surface area contributed by atoms with E-state index in [1.807, 2.05) is 24.3 Å². The van der Waals surface area contributed by atoms with Crippen LogP contribution < -0.4 is 4.74 Å². The highest BCUT2D eigenvalue weighted by molar-refractivity contribution is 5.91. The number of hydrogen-bond acceptors (Lipinski definition) is 3. The Hall–Kier alpha value is -3.21. The summed E-state index contributed by atoms with van der Waals surface area (Å²) in [4.78, 5) is 11.2. The van der Waals surface area contributed by atoms with Crippen molar-refractivity contribution >= 4 is 5.97 Å².